The van der Waals surface area contributed by atoms with Crippen LogP contribution in [0.5, 0.6) is 0 Å². The molecule has 4 heterocycles. The Bertz CT molecular complexity index is 692. The summed E-state index contributed by atoms with van der Waals surface area (Å²) in [6.45, 7) is 6.63. The molecule has 0 bridgehead atoms. The summed E-state index contributed by atoms with van der Waals surface area (Å²) in [5.74, 6) is 1.19. The molecular formula is C17H22N4O2S. The Morgan fingerprint density at radius 1 is 1.25 bits per heavy atom. The molecule has 0 atom stereocenters. The van der Waals surface area contributed by atoms with Gasteiger partial charge in [-0.1, -0.05) is 0 Å². The van der Waals surface area contributed by atoms with Crippen LogP contribution in [0.25, 0.3) is 0 Å². The Kier molecular flexibility index (Phi) is 4.64. The number of amides is 1. The normalized spacial score (nSPS) is 18.6. The van der Waals surface area contributed by atoms with Gasteiger partial charge in [-0.25, -0.2) is 4.98 Å². The van der Waals surface area contributed by atoms with E-state index in [9.17, 15) is 4.79 Å². The Morgan fingerprint density at radius 2 is 2.12 bits per heavy atom. The first-order valence-corrected chi connectivity index (χ1v) is 9.36. The highest BCUT2D eigenvalue weighted by atomic mass is 32.1. The molecule has 0 N–H and O–H groups in total. The van der Waals surface area contributed by atoms with Crippen LogP contribution in [0.2, 0.25) is 0 Å². The van der Waals surface area contributed by atoms with Crippen LogP contribution in [0.1, 0.15) is 17.1 Å². The number of hydrogen-bond acceptors (Lipinski definition) is 5. The summed E-state index contributed by atoms with van der Waals surface area (Å²) in [5.41, 5.74) is 2.20. The maximum Gasteiger partial charge on any atom is 0.227 e. The van der Waals surface area contributed by atoms with E-state index in [1.54, 1.807) is 11.3 Å². The topological polar surface area (TPSA) is 50.6 Å². The molecule has 2 aromatic rings. The van der Waals surface area contributed by atoms with Gasteiger partial charge in [-0.05, 0) is 22.4 Å². The summed E-state index contributed by atoms with van der Waals surface area (Å²) in [6.07, 6.45) is 2.64. The number of aromatic nitrogens is 2. The number of hydrogen-bond donors (Lipinski definition) is 0. The molecule has 7 heteroatoms. The number of ether oxygens (including phenoxy) is 1. The minimum absolute atomic E-state index is 0.192. The fraction of sp³-hybridized carbons (Fsp3) is 0.529. The monoisotopic (exact) mass is 346 g/mol. The smallest absolute Gasteiger partial charge is 0.227 e. The molecule has 2 aromatic heterocycles. The number of morpholine rings is 1. The lowest BCUT2D eigenvalue weighted by Gasteiger charge is -2.27. The van der Waals surface area contributed by atoms with Crippen LogP contribution in [-0.2, 0) is 35.6 Å². The van der Waals surface area contributed by atoms with Crippen LogP contribution in [0.3, 0.4) is 0 Å². The summed E-state index contributed by atoms with van der Waals surface area (Å²) in [4.78, 5) is 21.5. The second kappa shape index (κ2) is 7.04. The number of rotatable bonds is 4. The van der Waals surface area contributed by atoms with Crippen molar-refractivity contribution < 1.29 is 9.53 Å². The van der Waals surface area contributed by atoms with Gasteiger partial charge in [0.15, 0.2) is 0 Å². The van der Waals surface area contributed by atoms with E-state index < -0.39 is 0 Å². The molecule has 1 fully saturated rings. The average molecular weight is 346 g/mol. The van der Waals surface area contributed by atoms with E-state index in [1.807, 2.05) is 21.7 Å². The van der Waals surface area contributed by atoms with Crippen molar-refractivity contribution in [2.45, 2.75) is 26.1 Å². The molecule has 0 spiro atoms. The number of thiophene rings is 1. The first kappa shape index (κ1) is 15.8. The van der Waals surface area contributed by atoms with Crippen molar-refractivity contribution in [3.63, 3.8) is 0 Å². The van der Waals surface area contributed by atoms with Crippen LogP contribution in [-0.4, -0.2) is 58.1 Å². The average Bonchev–Trinajstić information content (AvgIpc) is 3.24. The predicted molar refractivity (Wildman–Crippen MR) is 91.8 cm³/mol. The van der Waals surface area contributed by atoms with Crippen molar-refractivity contribution in [1.82, 2.24) is 19.4 Å². The molecule has 1 saturated heterocycles. The molecule has 0 saturated carbocycles. The van der Waals surface area contributed by atoms with Gasteiger partial charge in [-0.15, -0.1) is 0 Å². The van der Waals surface area contributed by atoms with Crippen molar-refractivity contribution in [2.75, 3.05) is 32.8 Å². The van der Waals surface area contributed by atoms with E-state index in [4.69, 9.17) is 9.72 Å². The molecule has 0 aliphatic carbocycles. The third-order valence-corrected chi connectivity index (χ3v) is 5.36. The zero-order valence-corrected chi connectivity index (χ0v) is 14.5. The van der Waals surface area contributed by atoms with Crippen molar-refractivity contribution in [3.05, 3.63) is 40.1 Å². The van der Waals surface area contributed by atoms with Crippen LogP contribution in [0.15, 0.2) is 23.0 Å². The van der Waals surface area contributed by atoms with Gasteiger partial charge in [0.2, 0.25) is 5.91 Å². The highest BCUT2D eigenvalue weighted by Gasteiger charge is 2.23. The first-order chi connectivity index (χ1) is 11.8. The number of carbonyl (C=O) groups is 1. The van der Waals surface area contributed by atoms with E-state index in [-0.39, 0.29) is 5.91 Å². The number of fused-ring (bicyclic) bond motifs is 1. The van der Waals surface area contributed by atoms with Gasteiger partial charge in [-0.2, -0.15) is 11.3 Å². The van der Waals surface area contributed by atoms with Gasteiger partial charge in [0, 0.05) is 38.9 Å². The van der Waals surface area contributed by atoms with Gasteiger partial charge in [0.25, 0.3) is 0 Å². The second-order valence-electron chi connectivity index (χ2n) is 6.35. The van der Waals surface area contributed by atoms with E-state index in [0.29, 0.717) is 13.0 Å². The van der Waals surface area contributed by atoms with Gasteiger partial charge < -0.3 is 14.2 Å². The highest BCUT2D eigenvalue weighted by molar-refractivity contribution is 7.07. The standard InChI is InChI=1S/C17H22N4O2S/c22-17(9-14-1-8-24-13-14)21-3-2-20-11-15(18-16(20)12-21)10-19-4-6-23-7-5-19/h1,8,11,13H,2-7,9-10,12H2. The van der Waals surface area contributed by atoms with Crippen LogP contribution in [0, 0.1) is 0 Å². The molecule has 0 radical (unpaired) electrons. The van der Waals surface area contributed by atoms with E-state index in [1.165, 1.54) is 0 Å². The largest absolute Gasteiger partial charge is 0.379 e. The summed E-state index contributed by atoms with van der Waals surface area (Å²) in [6, 6.07) is 2.02. The molecule has 6 nitrogen and oxygen atoms in total. The fourth-order valence-corrected chi connectivity index (χ4v) is 3.94. The maximum absolute atomic E-state index is 12.5. The minimum atomic E-state index is 0.192. The van der Waals surface area contributed by atoms with Crippen molar-refractivity contribution in [3.8, 4) is 0 Å². The summed E-state index contributed by atoms with van der Waals surface area (Å²) in [7, 11) is 0. The maximum atomic E-state index is 12.5. The van der Waals surface area contributed by atoms with Gasteiger partial charge >= 0.3 is 0 Å². The lowest BCUT2D eigenvalue weighted by Crippen LogP contribution is -2.39. The SMILES string of the molecule is O=C(Cc1ccsc1)N1CCn2cc(CN3CCOCC3)nc2C1. The van der Waals surface area contributed by atoms with Crippen LogP contribution in [0.4, 0.5) is 0 Å². The summed E-state index contributed by atoms with van der Waals surface area (Å²) >= 11 is 1.64. The molecule has 4 rings (SSSR count). The predicted octanol–water partition coefficient (Wildman–Crippen LogP) is 1.36. The third-order valence-electron chi connectivity index (χ3n) is 4.63. The van der Waals surface area contributed by atoms with Crippen LogP contribution < -0.4 is 0 Å². The third kappa shape index (κ3) is 3.53. The Hall–Kier alpha value is -1.70. The zero-order valence-electron chi connectivity index (χ0n) is 13.7. The first-order valence-electron chi connectivity index (χ1n) is 8.42. The molecule has 128 valence electrons. The van der Waals surface area contributed by atoms with Gasteiger partial charge in [0.1, 0.15) is 5.82 Å². The van der Waals surface area contributed by atoms with E-state index in [2.05, 4.69) is 15.7 Å². The van der Waals surface area contributed by atoms with Gasteiger partial charge in [-0.3, -0.25) is 9.69 Å². The van der Waals surface area contributed by atoms with E-state index >= 15 is 0 Å². The quantitative estimate of drug-likeness (QED) is 0.839. The van der Waals surface area contributed by atoms with Crippen molar-refractivity contribution in [2.24, 2.45) is 0 Å². The highest BCUT2D eigenvalue weighted by Crippen LogP contribution is 2.16. The van der Waals surface area contributed by atoms with Crippen LogP contribution >= 0.6 is 11.3 Å². The van der Waals surface area contributed by atoms with Crippen molar-refractivity contribution in [1.29, 1.82) is 0 Å². The molecule has 0 unspecified atom stereocenters. The molecule has 24 heavy (non-hydrogen) atoms. The Morgan fingerprint density at radius 3 is 2.92 bits per heavy atom. The molecule has 2 aliphatic heterocycles. The van der Waals surface area contributed by atoms with Crippen molar-refractivity contribution >= 4 is 17.2 Å². The minimum Gasteiger partial charge on any atom is -0.379 e. The number of nitrogens with zero attached hydrogens (tertiary/aromatic N) is 4. The van der Waals surface area contributed by atoms with Gasteiger partial charge in [0.05, 0.1) is 31.9 Å². The zero-order chi connectivity index (χ0) is 16.4. The Labute approximate surface area is 145 Å². The van der Waals surface area contributed by atoms with E-state index in [0.717, 1.165) is 63.0 Å². The second-order valence-corrected chi connectivity index (χ2v) is 7.13. The summed E-state index contributed by atoms with van der Waals surface area (Å²) in [5, 5.41) is 4.06. The fourth-order valence-electron chi connectivity index (χ4n) is 3.27. The number of imidazole rings is 1. The Balaban J connectivity index is 1.38. The lowest BCUT2D eigenvalue weighted by atomic mass is 10.2. The summed E-state index contributed by atoms with van der Waals surface area (Å²) < 4.78 is 7.59. The molecular weight excluding hydrogens is 324 g/mol. The molecule has 1 amide bonds. The molecule has 0 aromatic carbocycles. The number of carbonyl (C=O) groups excluding carboxylic acids is 1. The lowest BCUT2D eigenvalue weighted by molar-refractivity contribution is -0.132. The molecule has 2 aliphatic rings.